The summed E-state index contributed by atoms with van der Waals surface area (Å²) in [7, 11) is 0. The van der Waals surface area contributed by atoms with Crippen molar-refractivity contribution >= 4 is 17.0 Å². The summed E-state index contributed by atoms with van der Waals surface area (Å²) in [6.07, 6.45) is 20.5. The minimum absolute atomic E-state index is 0.0319. The minimum Gasteiger partial charge on any atom is -0.300 e. The monoisotopic (exact) mass is 467 g/mol. The molecule has 2 aromatic rings. The van der Waals surface area contributed by atoms with Gasteiger partial charge in [-0.2, -0.15) is 5.10 Å². The van der Waals surface area contributed by atoms with Gasteiger partial charge < -0.3 is 4.90 Å². The Morgan fingerprint density at radius 1 is 1.03 bits per heavy atom. The lowest BCUT2D eigenvalue weighted by molar-refractivity contribution is -0.122. The predicted molar refractivity (Wildman–Crippen MR) is 138 cm³/mol. The molecular formula is C29H33N5O. The van der Waals surface area contributed by atoms with E-state index in [0.717, 1.165) is 45.5 Å². The molecule has 2 aromatic heterocycles. The van der Waals surface area contributed by atoms with Crippen molar-refractivity contribution in [2.45, 2.75) is 58.9 Å². The van der Waals surface area contributed by atoms with Crippen LogP contribution in [0.4, 0.5) is 0 Å². The number of allylic oxidation sites excluding steroid dienone is 7. The number of aryl methyl sites for hydroxylation is 2. The van der Waals surface area contributed by atoms with Crippen LogP contribution >= 0.6 is 0 Å². The SMILES string of the molecule is CC1=CC(C2CCN(C3CCC3)CC2)=CN2C(=O)\C=C(c3cc4c(C)nc(C)cn4n3)/C=C/C=C\12. The molecule has 1 amide bonds. The van der Waals surface area contributed by atoms with Gasteiger partial charge in [0.05, 0.1) is 34.5 Å². The van der Waals surface area contributed by atoms with E-state index in [1.54, 1.807) is 6.08 Å². The van der Waals surface area contributed by atoms with Crippen LogP contribution in [0, 0.1) is 19.8 Å². The Balaban J connectivity index is 1.28. The van der Waals surface area contributed by atoms with Gasteiger partial charge in [-0.25, -0.2) is 4.52 Å². The lowest BCUT2D eigenvalue weighted by atomic mass is 9.84. The maximum absolute atomic E-state index is 13.5. The van der Waals surface area contributed by atoms with Crippen LogP contribution < -0.4 is 0 Å². The zero-order valence-electron chi connectivity index (χ0n) is 20.9. The van der Waals surface area contributed by atoms with Crippen molar-refractivity contribution in [3.8, 4) is 0 Å². The molecule has 0 aromatic carbocycles. The number of amides is 1. The van der Waals surface area contributed by atoms with Gasteiger partial charge in [0.2, 0.25) is 0 Å². The second-order valence-electron chi connectivity index (χ2n) is 10.4. The van der Waals surface area contributed by atoms with Crippen LogP contribution in [0.25, 0.3) is 11.1 Å². The second kappa shape index (κ2) is 8.76. The van der Waals surface area contributed by atoms with Crippen molar-refractivity contribution in [1.29, 1.82) is 0 Å². The van der Waals surface area contributed by atoms with Crippen molar-refractivity contribution < 1.29 is 4.79 Å². The molecule has 1 saturated heterocycles. The maximum Gasteiger partial charge on any atom is 0.255 e. The van der Waals surface area contributed by atoms with Gasteiger partial charge in [-0.05, 0) is 88.8 Å². The molecule has 180 valence electrons. The molecule has 35 heavy (non-hydrogen) atoms. The first kappa shape index (κ1) is 22.2. The average molecular weight is 468 g/mol. The lowest BCUT2D eigenvalue weighted by Gasteiger charge is -2.42. The normalized spacial score (nSPS) is 26.0. The van der Waals surface area contributed by atoms with Crippen molar-refractivity contribution in [2.24, 2.45) is 5.92 Å². The molecule has 0 unspecified atom stereocenters. The molecule has 6 heteroatoms. The van der Waals surface area contributed by atoms with Gasteiger partial charge in [0.25, 0.3) is 5.91 Å². The molecule has 6 rings (SSSR count). The number of carbonyl (C=O) groups excluding carboxylic acids is 1. The van der Waals surface area contributed by atoms with Gasteiger partial charge >= 0.3 is 0 Å². The Morgan fingerprint density at radius 2 is 1.83 bits per heavy atom. The molecule has 0 spiro atoms. The predicted octanol–water partition coefficient (Wildman–Crippen LogP) is 5.12. The molecule has 2 fully saturated rings. The van der Waals surface area contributed by atoms with E-state index in [1.807, 2.05) is 53.8 Å². The second-order valence-corrected chi connectivity index (χ2v) is 10.4. The Morgan fingerprint density at radius 3 is 2.57 bits per heavy atom. The third kappa shape index (κ3) is 4.10. The van der Waals surface area contributed by atoms with E-state index in [0.29, 0.717) is 5.92 Å². The van der Waals surface area contributed by atoms with E-state index in [4.69, 9.17) is 5.10 Å². The quantitative estimate of drug-likeness (QED) is 0.629. The zero-order chi connectivity index (χ0) is 24.1. The molecule has 5 heterocycles. The summed E-state index contributed by atoms with van der Waals surface area (Å²) < 4.78 is 1.86. The number of fused-ring (bicyclic) bond motifs is 2. The number of nitrogens with zero attached hydrogens (tertiary/aromatic N) is 5. The number of hydrogen-bond acceptors (Lipinski definition) is 4. The van der Waals surface area contributed by atoms with Crippen LogP contribution in [0.5, 0.6) is 0 Å². The maximum atomic E-state index is 13.5. The van der Waals surface area contributed by atoms with Gasteiger partial charge in [-0.15, -0.1) is 0 Å². The number of piperidine rings is 1. The summed E-state index contributed by atoms with van der Waals surface area (Å²) in [5, 5.41) is 4.74. The highest BCUT2D eigenvalue weighted by Crippen LogP contribution is 2.36. The number of hydrogen-bond donors (Lipinski definition) is 0. The lowest BCUT2D eigenvalue weighted by Crippen LogP contribution is -2.45. The minimum atomic E-state index is -0.0319. The number of aromatic nitrogens is 3. The highest BCUT2D eigenvalue weighted by atomic mass is 16.2. The molecule has 0 atom stereocenters. The van der Waals surface area contributed by atoms with Gasteiger partial charge in [-0.3, -0.25) is 14.7 Å². The molecule has 3 aliphatic heterocycles. The Hall–Kier alpha value is -3.25. The van der Waals surface area contributed by atoms with Gasteiger partial charge in [0, 0.05) is 23.9 Å². The van der Waals surface area contributed by atoms with Gasteiger partial charge in [-0.1, -0.05) is 24.6 Å². The fraction of sp³-hybridized carbons (Fsp3) is 0.414. The number of likely N-dealkylation sites (tertiary alicyclic amines) is 1. The standard InChI is InChI=1S/C29H33N5O/c1-19-14-24(22-10-12-32(13-11-22)25-7-5-8-25)18-33-27(19)9-4-6-23(15-29(33)35)26-16-28-21(3)30-20(2)17-34(28)31-26/h4,6,9,14-18,22,25H,5,7-8,10-13H2,1-3H3/b6-4+,23-15+,27-9+. The highest BCUT2D eigenvalue weighted by molar-refractivity contribution is 6.00. The summed E-state index contributed by atoms with van der Waals surface area (Å²) in [4.78, 5) is 22.6. The van der Waals surface area contributed by atoms with Gasteiger partial charge in [0.1, 0.15) is 0 Å². The van der Waals surface area contributed by atoms with Crippen molar-refractivity contribution in [2.75, 3.05) is 13.1 Å². The molecular weight excluding hydrogens is 434 g/mol. The van der Waals surface area contributed by atoms with E-state index in [2.05, 4.69) is 29.1 Å². The summed E-state index contributed by atoms with van der Waals surface area (Å²) in [6.45, 7) is 8.41. The number of carbonyl (C=O) groups is 1. The molecule has 0 radical (unpaired) electrons. The molecule has 1 aliphatic carbocycles. The van der Waals surface area contributed by atoms with Crippen LogP contribution in [0.15, 0.2) is 65.7 Å². The summed E-state index contributed by atoms with van der Waals surface area (Å²) in [5.41, 5.74) is 7.76. The van der Waals surface area contributed by atoms with E-state index >= 15 is 0 Å². The van der Waals surface area contributed by atoms with E-state index in [9.17, 15) is 4.79 Å². The van der Waals surface area contributed by atoms with Crippen molar-refractivity contribution in [3.05, 3.63) is 82.8 Å². The first-order valence-electron chi connectivity index (χ1n) is 12.9. The van der Waals surface area contributed by atoms with Crippen LogP contribution in [0.2, 0.25) is 0 Å². The van der Waals surface area contributed by atoms with Crippen molar-refractivity contribution in [3.63, 3.8) is 0 Å². The topological polar surface area (TPSA) is 53.7 Å². The number of rotatable bonds is 3. The molecule has 1 saturated carbocycles. The van der Waals surface area contributed by atoms with Crippen LogP contribution in [0.3, 0.4) is 0 Å². The Labute approximate surface area is 207 Å². The summed E-state index contributed by atoms with van der Waals surface area (Å²) in [6, 6.07) is 2.83. The van der Waals surface area contributed by atoms with Crippen molar-refractivity contribution in [1.82, 2.24) is 24.4 Å². The Bertz CT molecular complexity index is 1340. The third-order valence-electron chi connectivity index (χ3n) is 8.02. The molecule has 4 aliphatic rings. The first-order valence-corrected chi connectivity index (χ1v) is 12.9. The largest absolute Gasteiger partial charge is 0.300 e. The smallest absolute Gasteiger partial charge is 0.255 e. The third-order valence-corrected chi connectivity index (χ3v) is 8.02. The Kier molecular flexibility index (Phi) is 5.56. The summed E-state index contributed by atoms with van der Waals surface area (Å²) in [5.74, 6) is 0.479. The highest BCUT2D eigenvalue weighted by Gasteiger charge is 2.31. The molecule has 6 nitrogen and oxygen atoms in total. The average Bonchev–Trinajstić information content (AvgIpc) is 3.21. The molecule has 0 bridgehead atoms. The van der Waals surface area contributed by atoms with Crippen LogP contribution in [-0.4, -0.2) is 49.4 Å². The summed E-state index contributed by atoms with van der Waals surface area (Å²) >= 11 is 0. The van der Waals surface area contributed by atoms with Crippen LogP contribution in [-0.2, 0) is 4.79 Å². The molecule has 0 N–H and O–H groups in total. The zero-order valence-corrected chi connectivity index (χ0v) is 20.9. The van der Waals surface area contributed by atoms with E-state index in [-0.39, 0.29) is 5.91 Å². The fourth-order valence-electron chi connectivity index (χ4n) is 5.82. The fourth-order valence-corrected chi connectivity index (χ4v) is 5.82. The van der Waals surface area contributed by atoms with E-state index in [1.165, 1.54) is 50.8 Å². The van der Waals surface area contributed by atoms with Crippen LogP contribution in [0.1, 0.15) is 56.1 Å². The van der Waals surface area contributed by atoms with Gasteiger partial charge in [0.15, 0.2) is 0 Å². The first-order chi connectivity index (χ1) is 17.0. The van der Waals surface area contributed by atoms with E-state index < -0.39 is 0 Å².